The molecule has 0 aromatic carbocycles. The van der Waals surface area contributed by atoms with E-state index in [9.17, 15) is 4.79 Å². The van der Waals surface area contributed by atoms with Gasteiger partial charge < -0.3 is 26.8 Å². The summed E-state index contributed by atoms with van der Waals surface area (Å²) >= 11 is 6.17. The Morgan fingerprint density at radius 1 is 1.32 bits per heavy atom. The highest BCUT2D eigenvalue weighted by Crippen LogP contribution is 2.30. The minimum Gasteiger partial charge on any atom is -0.397 e. The van der Waals surface area contributed by atoms with Crippen molar-refractivity contribution in [2.45, 2.75) is 31.8 Å². The quantitative estimate of drug-likeness (QED) is 0.580. The van der Waals surface area contributed by atoms with Crippen molar-refractivity contribution < 1.29 is 9.90 Å². The van der Waals surface area contributed by atoms with Gasteiger partial charge in [0, 0.05) is 38.6 Å². The number of nitrogens with two attached hydrogens (primary N) is 2. The van der Waals surface area contributed by atoms with Gasteiger partial charge in [-0.1, -0.05) is 11.6 Å². The molecular formula is C18H26ClN7O2. The van der Waals surface area contributed by atoms with Crippen LogP contribution in [0.1, 0.15) is 25.3 Å². The number of amides is 1. The van der Waals surface area contributed by atoms with Crippen LogP contribution in [-0.2, 0) is 11.3 Å². The number of carbonyl (C=O) groups excluding carboxylic acids is 1. The molecule has 0 aliphatic carbocycles. The number of halogens is 1. The number of hydrogen-bond acceptors (Lipinski definition) is 8. The van der Waals surface area contributed by atoms with E-state index in [1.54, 1.807) is 19.3 Å². The summed E-state index contributed by atoms with van der Waals surface area (Å²) in [5.74, 6) is 0.664. The number of carbonyl (C=O) groups is 1. The molecule has 10 heteroatoms. The van der Waals surface area contributed by atoms with Crippen molar-refractivity contribution in [3.8, 4) is 0 Å². The molecule has 1 aliphatic heterocycles. The monoisotopic (exact) mass is 407 g/mol. The van der Waals surface area contributed by atoms with Crippen LogP contribution in [0.2, 0.25) is 5.02 Å². The van der Waals surface area contributed by atoms with E-state index in [0.29, 0.717) is 43.3 Å². The molecule has 2 aromatic heterocycles. The molecule has 28 heavy (non-hydrogen) atoms. The number of piperidine rings is 1. The summed E-state index contributed by atoms with van der Waals surface area (Å²) in [5, 5.41) is 10.8. The Morgan fingerprint density at radius 3 is 2.54 bits per heavy atom. The zero-order valence-electron chi connectivity index (χ0n) is 15.8. The first-order chi connectivity index (χ1) is 13.4. The fourth-order valence-electron chi connectivity index (χ4n) is 2.80. The van der Waals surface area contributed by atoms with Crippen molar-refractivity contribution in [3.05, 3.63) is 41.4 Å². The molecule has 3 heterocycles. The van der Waals surface area contributed by atoms with Gasteiger partial charge in [-0.2, -0.15) is 0 Å². The van der Waals surface area contributed by atoms with Crippen molar-refractivity contribution >= 4 is 29.1 Å². The van der Waals surface area contributed by atoms with Crippen LogP contribution < -0.4 is 21.7 Å². The van der Waals surface area contributed by atoms with Gasteiger partial charge in [0.15, 0.2) is 5.82 Å². The molecule has 2 aromatic rings. The number of aliphatic hydroxyl groups is 1. The van der Waals surface area contributed by atoms with Crippen LogP contribution in [0, 0.1) is 0 Å². The third-order valence-corrected chi connectivity index (χ3v) is 4.77. The Bertz CT molecular complexity index is 768. The van der Waals surface area contributed by atoms with E-state index in [0.717, 1.165) is 5.56 Å². The van der Waals surface area contributed by atoms with Crippen molar-refractivity contribution in [2.24, 2.45) is 5.73 Å². The molecule has 0 radical (unpaired) electrons. The zero-order chi connectivity index (χ0) is 20.6. The molecule has 1 aliphatic rings. The number of anilines is 2. The van der Waals surface area contributed by atoms with Gasteiger partial charge in [0.2, 0.25) is 5.91 Å². The van der Waals surface area contributed by atoms with E-state index in [-0.39, 0.29) is 18.3 Å². The maximum absolute atomic E-state index is 12.5. The first-order valence-electron chi connectivity index (χ1n) is 8.99. The summed E-state index contributed by atoms with van der Waals surface area (Å²) in [7, 11) is 0. The average Bonchev–Trinajstić information content (AvgIpc) is 2.70. The Hall–Kier alpha value is -2.49. The highest BCUT2D eigenvalue weighted by Gasteiger charge is 2.38. The lowest BCUT2D eigenvalue weighted by Crippen LogP contribution is -2.59. The van der Waals surface area contributed by atoms with E-state index in [1.165, 1.54) is 6.33 Å². The molecule has 6 N–H and O–H groups in total. The van der Waals surface area contributed by atoms with Crippen LogP contribution in [0.25, 0.3) is 0 Å². The average molecular weight is 408 g/mol. The van der Waals surface area contributed by atoms with E-state index < -0.39 is 5.54 Å². The van der Waals surface area contributed by atoms with Crippen molar-refractivity contribution in [3.63, 3.8) is 0 Å². The largest absolute Gasteiger partial charge is 0.397 e. The Morgan fingerprint density at radius 2 is 1.93 bits per heavy atom. The number of aromatic nitrogens is 3. The molecule has 0 bridgehead atoms. The maximum atomic E-state index is 12.5. The lowest BCUT2D eigenvalue weighted by atomic mass is 9.87. The number of rotatable bonds is 4. The predicted molar refractivity (Wildman–Crippen MR) is 109 cm³/mol. The Balaban J connectivity index is 0.000000878. The lowest BCUT2D eigenvalue weighted by molar-refractivity contribution is -0.127. The highest BCUT2D eigenvalue weighted by molar-refractivity contribution is 6.35. The standard InChI is InChI=1S/C16H20ClN7O.C2H6O/c17-12-13(18)22-10-23-14(12)24-7-3-16(19,4-8-24)15(25)21-9-11-1-5-20-6-2-11;1-2-3/h1-2,5-6,10H,3-4,7-9,19H2,(H,21,25)(H2,18,22,23);3H,2H2,1H3. The second kappa shape index (κ2) is 10.2. The topological polar surface area (TPSA) is 143 Å². The molecule has 9 nitrogen and oxygen atoms in total. The zero-order valence-corrected chi connectivity index (χ0v) is 16.6. The lowest BCUT2D eigenvalue weighted by Gasteiger charge is -2.38. The molecule has 3 rings (SSSR count). The first kappa shape index (κ1) is 21.8. The van der Waals surface area contributed by atoms with Crippen LogP contribution >= 0.6 is 11.6 Å². The number of pyridine rings is 1. The molecule has 0 spiro atoms. The Labute approximate surface area is 169 Å². The number of nitrogen functional groups attached to an aromatic ring is 1. The van der Waals surface area contributed by atoms with Gasteiger partial charge >= 0.3 is 0 Å². The number of aliphatic hydroxyl groups excluding tert-OH is 1. The fraction of sp³-hybridized carbons (Fsp3) is 0.444. The van der Waals surface area contributed by atoms with Gasteiger partial charge in [0.1, 0.15) is 17.2 Å². The summed E-state index contributed by atoms with van der Waals surface area (Å²) in [6.45, 7) is 3.49. The van der Waals surface area contributed by atoms with Crippen LogP contribution in [0.5, 0.6) is 0 Å². The molecule has 0 unspecified atom stereocenters. The minimum atomic E-state index is -0.908. The Kier molecular flexibility index (Phi) is 7.91. The third-order valence-electron chi connectivity index (χ3n) is 4.41. The van der Waals surface area contributed by atoms with Crippen molar-refractivity contribution in [2.75, 3.05) is 30.3 Å². The van der Waals surface area contributed by atoms with E-state index in [4.69, 9.17) is 28.2 Å². The smallest absolute Gasteiger partial charge is 0.240 e. The predicted octanol–water partition coefficient (Wildman–Crippen LogP) is 0.720. The highest BCUT2D eigenvalue weighted by atomic mass is 35.5. The summed E-state index contributed by atoms with van der Waals surface area (Å²) in [5.41, 5.74) is 12.1. The van der Waals surface area contributed by atoms with Gasteiger partial charge in [-0.25, -0.2) is 9.97 Å². The van der Waals surface area contributed by atoms with Gasteiger partial charge in [0.25, 0.3) is 0 Å². The van der Waals surface area contributed by atoms with Crippen molar-refractivity contribution in [1.82, 2.24) is 20.3 Å². The summed E-state index contributed by atoms with van der Waals surface area (Å²) < 4.78 is 0. The molecule has 1 fully saturated rings. The normalized spacial score (nSPS) is 15.4. The number of nitrogens with zero attached hydrogens (tertiary/aromatic N) is 4. The van der Waals surface area contributed by atoms with Gasteiger partial charge in [-0.3, -0.25) is 9.78 Å². The van der Waals surface area contributed by atoms with E-state index >= 15 is 0 Å². The number of nitrogens with one attached hydrogen (secondary N) is 1. The fourth-order valence-corrected chi connectivity index (χ4v) is 3.01. The van der Waals surface area contributed by atoms with Gasteiger partial charge in [-0.05, 0) is 37.5 Å². The molecule has 1 amide bonds. The third kappa shape index (κ3) is 5.51. The minimum absolute atomic E-state index is 0.155. The summed E-state index contributed by atoms with van der Waals surface area (Å²) in [6, 6.07) is 3.71. The van der Waals surface area contributed by atoms with Crippen molar-refractivity contribution in [1.29, 1.82) is 0 Å². The first-order valence-corrected chi connectivity index (χ1v) is 9.37. The van der Waals surface area contributed by atoms with Crippen LogP contribution in [0.4, 0.5) is 11.6 Å². The van der Waals surface area contributed by atoms with Crippen LogP contribution in [0.3, 0.4) is 0 Å². The van der Waals surface area contributed by atoms with Gasteiger partial charge in [-0.15, -0.1) is 0 Å². The molecule has 1 saturated heterocycles. The second-order valence-electron chi connectivity index (χ2n) is 6.39. The van der Waals surface area contributed by atoms with E-state index in [1.807, 2.05) is 17.0 Å². The SMILES string of the molecule is CCO.Nc1ncnc(N2CCC(N)(C(=O)NCc3ccncc3)CC2)c1Cl. The molecule has 0 saturated carbocycles. The second-order valence-corrected chi connectivity index (χ2v) is 6.77. The van der Waals surface area contributed by atoms with Crippen LogP contribution in [0.15, 0.2) is 30.9 Å². The molecule has 152 valence electrons. The maximum Gasteiger partial charge on any atom is 0.240 e. The molecule has 0 atom stereocenters. The molecular weight excluding hydrogens is 382 g/mol. The number of hydrogen-bond donors (Lipinski definition) is 4. The summed E-state index contributed by atoms with van der Waals surface area (Å²) in [6.07, 6.45) is 5.75. The van der Waals surface area contributed by atoms with E-state index in [2.05, 4.69) is 20.3 Å². The van der Waals surface area contributed by atoms with Crippen LogP contribution in [-0.4, -0.2) is 51.2 Å². The van der Waals surface area contributed by atoms with Gasteiger partial charge in [0.05, 0.1) is 5.54 Å². The summed E-state index contributed by atoms with van der Waals surface area (Å²) in [4.78, 5) is 26.5.